The van der Waals surface area contributed by atoms with E-state index in [4.69, 9.17) is 4.74 Å². The molecule has 0 unspecified atom stereocenters. The van der Waals surface area contributed by atoms with E-state index in [1.165, 1.54) is 0 Å². The summed E-state index contributed by atoms with van der Waals surface area (Å²) in [5.74, 6) is 0.000798. The molecule has 2 aromatic carbocycles. The molecule has 0 spiro atoms. The second-order valence-corrected chi connectivity index (χ2v) is 5.45. The molecule has 1 aliphatic rings. The molecule has 0 radical (unpaired) electrons. The van der Waals surface area contributed by atoms with Crippen LogP contribution in [0.3, 0.4) is 0 Å². The van der Waals surface area contributed by atoms with Crippen molar-refractivity contribution in [1.82, 2.24) is 10.9 Å². The topological polar surface area (TPSA) is 67.4 Å². The van der Waals surface area contributed by atoms with Gasteiger partial charge in [0, 0.05) is 11.1 Å². The first-order valence-corrected chi connectivity index (χ1v) is 7.79. The molecule has 1 aliphatic heterocycles. The Hall–Kier alpha value is -3.08. The van der Waals surface area contributed by atoms with Gasteiger partial charge in [0.05, 0.1) is 5.57 Å². The first-order chi connectivity index (χ1) is 11.7. The number of carbonyl (C=O) groups excluding carboxylic acids is 2. The molecule has 0 fully saturated rings. The van der Waals surface area contributed by atoms with Crippen molar-refractivity contribution >= 4 is 17.9 Å². The molecule has 3 rings (SSSR count). The van der Waals surface area contributed by atoms with Gasteiger partial charge in [-0.1, -0.05) is 37.3 Å². The fourth-order valence-electron chi connectivity index (χ4n) is 2.40. The maximum atomic E-state index is 12.2. The van der Waals surface area contributed by atoms with E-state index in [1.807, 2.05) is 43.3 Å². The van der Waals surface area contributed by atoms with Crippen LogP contribution in [0.2, 0.25) is 0 Å². The highest BCUT2D eigenvalue weighted by Crippen LogP contribution is 2.25. The number of amides is 2. The van der Waals surface area contributed by atoms with Gasteiger partial charge in [0.2, 0.25) is 0 Å². The van der Waals surface area contributed by atoms with Gasteiger partial charge in [0.1, 0.15) is 12.4 Å². The monoisotopic (exact) mass is 322 g/mol. The minimum Gasteiger partial charge on any atom is -0.488 e. The SMILES string of the molecule is CCc1ccc(C(=O)NNC(=O)C2=Cc3ccccc3OC2)cc1. The average molecular weight is 322 g/mol. The summed E-state index contributed by atoms with van der Waals surface area (Å²) >= 11 is 0. The lowest BCUT2D eigenvalue weighted by atomic mass is 10.1. The molecule has 0 atom stereocenters. The molecular formula is C19H18N2O3. The van der Waals surface area contributed by atoms with E-state index in [1.54, 1.807) is 18.2 Å². The second kappa shape index (κ2) is 7.00. The standard InChI is InChI=1S/C19H18N2O3/c1-2-13-7-9-14(10-8-13)18(22)20-21-19(23)16-11-15-5-3-4-6-17(15)24-12-16/h3-11H,2,12H2,1H3,(H,20,22)(H,21,23). The molecule has 0 bridgehead atoms. The van der Waals surface area contributed by atoms with Gasteiger partial charge in [-0.2, -0.15) is 0 Å². The molecule has 2 amide bonds. The average Bonchev–Trinajstić information content (AvgIpc) is 2.65. The Balaban J connectivity index is 1.61. The second-order valence-electron chi connectivity index (χ2n) is 5.45. The van der Waals surface area contributed by atoms with Crippen molar-refractivity contribution in [2.45, 2.75) is 13.3 Å². The Morgan fingerprint density at radius 1 is 1.00 bits per heavy atom. The van der Waals surface area contributed by atoms with Crippen LogP contribution in [0, 0.1) is 0 Å². The molecule has 2 aromatic rings. The van der Waals surface area contributed by atoms with Gasteiger partial charge in [0.15, 0.2) is 0 Å². The van der Waals surface area contributed by atoms with Crippen molar-refractivity contribution in [2.75, 3.05) is 6.61 Å². The number of benzene rings is 2. The van der Waals surface area contributed by atoms with Crippen LogP contribution in [0.4, 0.5) is 0 Å². The summed E-state index contributed by atoms with van der Waals surface area (Å²) in [6.07, 6.45) is 2.67. The highest BCUT2D eigenvalue weighted by molar-refractivity contribution is 6.01. The Labute approximate surface area is 140 Å². The van der Waals surface area contributed by atoms with E-state index >= 15 is 0 Å². The Kier molecular flexibility index (Phi) is 4.61. The fraction of sp³-hybridized carbons (Fsp3) is 0.158. The molecule has 0 aromatic heterocycles. The molecule has 0 saturated carbocycles. The molecule has 122 valence electrons. The minimum atomic E-state index is -0.386. The molecule has 0 aliphatic carbocycles. The van der Waals surface area contributed by atoms with Crippen LogP contribution >= 0.6 is 0 Å². The number of hydrogen-bond acceptors (Lipinski definition) is 3. The number of fused-ring (bicyclic) bond motifs is 1. The van der Waals surface area contributed by atoms with Crippen molar-refractivity contribution in [3.63, 3.8) is 0 Å². The van der Waals surface area contributed by atoms with Crippen LogP contribution in [0.25, 0.3) is 6.08 Å². The van der Waals surface area contributed by atoms with E-state index in [2.05, 4.69) is 10.9 Å². The summed E-state index contributed by atoms with van der Waals surface area (Å²) in [4.78, 5) is 24.2. The van der Waals surface area contributed by atoms with Gasteiger partial charge in [-0.25, -0.2) is 0 Å². The number of carbonyl (C=O) groups is 2. The summed E-state index contributed by atoms with van der Waals surface area (Å²) in [5, 5.41) is 0. The van der Waals surface area contributed by atoms with Gasteiger partial charge < -0.3 is 4.74 Å². The van der Waals surface area contributed by atoms with Gasteiger partial charge in [0.25, 0.3) is 11.8 Å². The van der Waals surface area contributed by atoms with Crippen molar-refractivity contribution in [2.24, 2.45) is 0 Å². The lowest BCUT2D eigenvalue weighted by Crippen LogP contribution is -2.43. The van der Waals surface area contributed by atoms with Crippen LogP contribution in [0.15, 0.2) is 54.1 Å². The zero-order valence-electron chi connectivity index (χ0n) is 13.3. The molecule has 5 heteroatoms. The lowest BCUT2D eigenvalue weighted by Gasteiger charge is -2.17. The zero-order valence-corrected chi connectivity index (χ0v) is 13.3. The molecule has 2 N–H and O–H groups in total. The summed E-state index contributed by atoms with van der Waals surface area (Å²) in [6.45, 7) is 2.22. The fourth-order valence-corrected chi connectivity index (χ4v) is 2.40. The maximum absolute atomic E-state index is 12.2. The summed E-state index contributed by atoms with van der Waals surface area (Å²) in [5.41, 5.74) is 7.79. The summed E-state index contributed by atoms with van der Waals surface area (Å²) in [6, 6.07) is 14.7. The largest absolute Gasteiger partial charge is 0.488 e. The Morgan fingerprint density at radius 3 is 2.46 bits per heavy atom. The number of hydrogen-bond donors (Lipinski definition) is 2. The van der Waals surface area contributed by atoms with Gasteiger partial charge >= 0.3 is 0 Å². The van der Waals surface area contributed by atoms with Crippen LogP contribution in [0.5, 0.6) is 5.75 Å². The van der Waals surface area contributed by atoms with E-state index in [0.29, 0.717) is 11.1 Å². The third kappa shape index (κ3) is 3.46. The van der Waals surface area contributed by atoms with Crippen molar-refractivity contribution in [3.8, 4) is 5.75 Å². The third-order valence-electron chi connectivity index (χ3n) is 3.84. The van der Waals surface area contributed by atoms with Crippen molar-refractivity contribution < 1.29 is 14.3 Å². The summed E-state index contributed by atoms with van der Waals surface area (Å²) < 4.78 is 5.53. The van der Waals surface area contributed by atoms with Crippen LogP contribution < -0.4 is 15.6 Å². The quantitative estimate of drug-likeness (QED) is 0.853. The number of hydrazine groups is 1. The number of ether oxygens (including phenoxy) is 1. The van der Waals surface area contributed by atoms with Crippen LogP contribution in [-0.4, -0.2) is 18.4 Å². The normalized spacial score (nSPS) is 12.5. The summed E-state index contributed by atoms with van der Waals surface area (Å²) in [7, 11) is 0. The lowest BCUT2D eigenvalue weighted by molar-refractivity contribution is -0.118. The molecule has 0 saturated heterocycles. The minimum absolute atomic E-state index is 0.171. The predicted octanol–water partition coefficient (Wildman–Crippen LogP) is 2.49. The van der Waals surface area contributed by atoms with E-state index in [0.717, 1.165) is 23.3 Å². The Morgan fingerprint density at radius 2 is 1.71 bits per heavy atom. The number of aryl methyl sites for hydroxylation is 1. The predicted molar refractivity (Wildman–Crippen MR) is 91.3 cm³/mol. The van der Waals surface area contributed by atoms with Gasteiger partial charge in [-0.05, 0) is 36.3 Å². The van der Waals surface area contributed by atoms with E-state index < -0.39 is 0 Å². The smallest absolute Gasteiger partial charge is 0.269 e. The van der Waals surface area contributed by atoms with Crippen molar-refractivity contribution in [3.05, 3.63) is 70.8 Å². The third-order valence-corrected chi connectivity index (χ3v) is 3.84. The molecule has 5 nitrogen and oxygen atoms in total. The van der Waals surface area contributed by atoms with Crippen molar-refractivity contribution in [1.29, 1.82) is 0 Å². The Bertz CT molecular complexity index is 795. The number of rotatable bonds is 3. The molecule has 1 heterocycles. The van der Waals surface area contributed by atoms with Gasteiger partial charge in [-0.3, -0.25) is 20.4 Å². The van der Waals surface area contributed by atoms with Gasteiger partial charge in [-0.15, -0.1) is 0 Å². The van der Waals surface area contributed by atoms with Crippen LogP contribution in [-0.2, 0) is 11.2 Å². The first-order valence-electron chi connectivity index (χ1n) is 7.79. The van der Waals surface area contributed by atoms with E-state index in [-0.39, 0.29) is 18.4 Å². The maximum Gasteiger partial charge on any atom is 0.269 e. The van der Waals surface area contributed by atoms with Crippen LogP contribution in [0.1, 0.15) is 28.4 Å². The highest BCUT2D eigenvalue weighted by Gasteiger charge is 2.17. The molecule has 24 heavy (non-hydrogen) atoms. The van der Waals surface area contributed by atoms with E-state index in [9.17, 15) is 9.59 Å². The molecular weight excluding hydrogens is 304 g/mol. The first kappa shape index (κ1) is 15.8. The highest BCUT2D eigenvalue weighted by atomic mass is 16.5. The number of para-hydroxylation sites is 1. The number of nitrogens with one attached hydrogen (secondary N) is 2. The zero-order chi connectivity index (χ0) is 16.9.